The van der Waals surface area contributed by atoms with Crippen LogP contribution in [-0.2, 0) is 16.0 Å². The van der Waals surface area contributed by atoms with Gasteiger partial charge in [0.2, 0.25) is 5.91 Å². The zero-order valence-electron chi connectivity index (χ0n) is 22.1. The van der Waals surface area contributed by atoms with E-state index in [1.54, 1.807) is 23.6 Å². The highest BCUT2D eigenvalue weighted by Gasteiger charge is 2.22. The first-order valence-electron chi connectivity index (χ1n) is 12.4. The van der Waals surface area contributed by atoms with E-state index in [1.165, 1.54) is 11.1 Å². The van der Waals surface area contributed by atoms with Gasteiger partial charge in [-0.2, -0.15) is 0 Å². The molecule has 1 aromatic heterocycles. The minimum atomic E-state index is -0.0132. The van der Waals surface area contributed by atoms with Crippen molar-refractivity contribution in [1.29, 1.82) is 0 Å². The van der Waals surface area contributed by atoms with Gasteiger partial charge >= 0.3 is 0 Å². The quantitative estimate of drug-likeness (QED) is 0.239. The van der Waals surface area contributed by atoms with Gasteiger partial charge in [0.1, 0.15) is 22.3 Å². The van der Waals surface area contributed by atoms with Crippen LogP contribution in [0.15, 0.2) is 89.2 Å². The first-order valence-corrected chi connectivity index (χ1v) is 13.2. The number of aliphatic hydroxyl groups excluding tert-OH is 1. The summed E-state index contributed by atoms with van der Waals surface area (Å²) >= 11 is 1.56. The summed E-state index contributed by atoms with van der Waals surface area (Å²) in [5, 5.41) is 15.3. The Balaban J connectivity index is 1.65. The molecule has 0 atom stereocenters. The summed E-state index contributed by atoms with van der Waals surface area (Å²) in [7, 11) is 0. The largest absolute Gasteiger partial charge is 0.507 e. The van der Waals surface area contributed by atoms with Crippen LogP contribution in [0.2, 0.25) is 0 Å². The Bertz CT molecular complexity index is 1290. The number of ether oxygens (including phenoxy) is 1. The molecule has 7 heteroatoms. The third-order valence-corrected chi connectivity index (χ3v) is 6.92. The highest BCUT2D eigenvalue weighted by Crippen LogP contribution is 2.34. The fraction of sp³-hybridized carbons (Fsp3) is 0.300. The van der Waals surface area contributed by atoms with Crippen molar-refractivity contribution in [2.24, 2.45) is 4.99 Å². The fourth-order valence-corrected chi connectivity index (χ4v) is 4.71. The van der Waals surface area contributed by atoms with E-state index in [1.807, 2.05) is 26.8 Å². The molecule has 1 amide bonds. The highest BCUT2D eigenvalue weighted by molar-refractivity contribution is 7.15. The lowest BCUT2D eigenvalue weighted by Crippen LogP contribution is -2.14. The van der Waals surface area contributed by atoms with Gasteiger partial charge in [0.15, 0.2) is 0 Å². The predicted octanol–water partition coefficient (Wildman–Crippen LogP) is 7.45. The Labute approximate surface area is 223 Å². The van der Waals surface area contributed by atoms with Crippen LogP contribution in [0, 0.1) is 13.8 Å². The molecule has 0 aliphatic carbocycles. The van der Waals surface area contributed by atoms with Gasteiger partial charge in [0.05, 0.1) is 16.3 Å². The molecule has 2 N–H and O–H groups in total. The van der Waals surface area contributed by atoms with Gasteiger partial charge in [-0.15, -0.1) is 0 Å². The summed E-state index contributed by atoms with van der Waals surface area (Å²) in [4.78, 5) is 20.7. The van der Waals surface area contributed by atoms with Gasteiger partial charge in [-0.05, 0) is 45.4 Å². The molecule has 0 spiro atoms. The Kier molecular flexibility index (Phi) is 9.80. The smallest absolute Gasteiger partial charge is 0.223 e. The number of aliphatic imine (C=N–C) groups is 1. The number of hydrogen-bond donors (Lipinski definition) is 2. The lowest BCUT2D eigenvalue weighted by molar-refractivity contribution is -0.119. The van der Waals surface area contributed by atoms with Gasteiger partial charge in [0, 0.05) is 36.6 Å². The predicted molar refractivity (Wildman–Crippen MR) is 152 cm³/mol. The van der Waals surface area contributed by atoms with E-state index in [2.05, 4.69) is 49.7 Å². The van der Waals surface area contributed by atoms with Crippen LogP contribution in [-0.4, -0.2) is 21.7 Å². The number of aliphatic hydroxyl groups is 1. The zero-order valence-corrected chi connectivity index (χ0v) is 22.9. The molecule has 2 heterocycles. The van der Waals surface area contributed by atoms with Gasteiger partial charge < -0.3 is 15.2 Å². The summed E-state index contributed by atoms with van der Waals surface area (Å²) < 4.78 is 5.88. The van der Waals surface area contributed by atoms with Crippen LogP contribution < -0.4 is 5.32 Å². The molecule has 0 radical (unpaired) electrons. The number of aryl methyl sites for hydroxylation is 2. The summed E-state index contributed by atoms with van der Waals surface area (Å²) in [6.45, 7) is 15.8. The van der Waals surface area contributed by atoms with Gasteiger partial charge in [0.25, 0.3) is 0 Å². The summed E-state index contributed by atoms with van der Waals surface area (Å²) in [5.74, 6) is 1.04. The zero-order chi connectivity index (χ0) is 26.9. The third-order valence-electron chi connectivity index (χ3n) is 5.86. The van der Waals surface area contributed by atoms with Gasteiger partial charge in [-0.25, -0.2) is 9.98 Å². The van der Waals surface area contributed by atoms with Gasteiger partial charge in [-0.3, -0.25) is 4.79 Å². The first-order chi connectivity index (χ1) is 17.7. The number of carbonyl (C=O) groups excluding carboxylic acids is 1. The molecule has 1 aromatic carbocycles. The SMILES string of the molecule is C=C1OC(CCC/C=C/NC(=O)CC)=CC(O)=C1C(=C)/C(C)=N/c1sc(Cc2ccc(C)cc2)nc1C. The number of nitrogens with zero attached hydrogens (tertiary/aromatic N) is 2. The molecule has 0 saturated carbocycles. The number of hydrogen-bond acceptors (Lipinski definition) is 6. The van der Waals surface area contributed by atoms with Crippen LogP contribution in [0.25, 0.3) is 0 Å². The minimum Gasteiger partial charge on any atom is -0.507 e. The molecule has 37 heavy (non-hydrogen) atoms. The number of benzene rings is 1. The number of unbranched alkanes of at least 4 members (excludes halogenated alkanes) is 1. The normalized spacial score (nSPS) is 14.1. The topological polar surface area (TPSA) is 83.8 Å². The number of thiazole rings is 1. The van der Waals surface area contributed by atoms with Crippen molar-refractivity contribution in [3.63, 3.8) is 0 Å². The molecule has 1 aliphatic rings. The number of rotatable bonds is 11. The molecule has 0 fully saturated rings. The lowest BCUT2D eigenvalue weighted by Gasteiger charge is -2.21. The molecule has 6 nitrogen and oxygen atoms in total. The summed E-state index contributed by atoms with van der Waals surface area (Å²) in [5.41, 5.74) is 4.98. The molecule has 194 valence electrons. The fourth-order valence-electron chi connectivity index (χ4n) is 3.69. The number of aromatic nitrogens is 1. The molecule has 0 bridgehead atoms. The van der Waals surface area contributed by atoms with E-state index in [-0.39, 0.29) is 11.7 Å². The average molecular weight is 518 g/mol. The van der Waals surface area contributed by atoms with E-state index in [9.17, 15) is 9.90 Å². The van der Waals surface area contributed by atoms with Crippen molar-refractivity contribution in [2.45, 2.75) is 59.8 Å². The second kappa shape index (κ2) is 13.0. The summed E-state index contributed by atoms with van der Waals surface area (Å²) in [6.07, 6.45) is 8.60. The minimum absolute atomic E-state index is 0.0132. The Hall–Kier alpha value is -3.71. The standard InChI is InChI=1S/C30H35N3O3S/c1-7-27(35)31-16-10-8-9-11-25-18-26(34)29(23(6)36-25)20(3)21(4)33-30-22(5)32-28(37-30)17-24-14-12-19(2)13-15-24/h10,12-16,18,34H,3,6-9,11,17H2,1-2,4-5H3,(H,31,35)/b16-10+,33-21+. The van der Waals surface area contributed by atoms with Crippen LogP contribution in [0.1, 0.15) is 61.4 Å². The Morgan fingerprint density at radius 2 is 2.00 bits per heavy atom. The number of amides is 1. The third kappa shape index (κ3) is 7.89. The number of carbonyl (C=O) groups is 1. The Morgan fingerprint density at radius 1 is 1.27 bits per heavy atom. The maximum absolute atomic E-state index is 11.2. The van der Waals surface area contributed by atoms with E-state index < -0.39 is 0 Å². The molecule has 1 aliphatic heterocycles. The molecule has 0 saturated heterocycles. The van der Waals surface area contributed by atoms with Gasteiger partial charge in [-0.1, -0.05) is 67.3 Å². The van der Waals surface area contributed by atoms with Crippen LogP contribution in [0.5, 0.6) is 0 Å². The van der Waals surface area contributed by atoms with E-state index in [0.29, 0.717) is 41.2 Å². The van der Waals surface area contributed by atoms with Crippen molar-refractivity contribution in [3.05, 3.63) is 106 Å². The van der Waals surface area contributed by atoms with Crippen molar-refractivity contribution < 1.29 is 14.6 Å². The van der Waals surface area contributed by atoms with E-state index >= 15 is 0 Å². The molecule has 0 unspecified atom stereocenters. The average Bonchev–Trinajstić information content (AvgIpc) is 3.20. The van der Waals surface area contributed by atoms with Crippen LogP contribution in [0.3, 0.4) is 0 Å². The number of allylic oxidation sites excluding steroid dienone is 4. The van der Waals surface area contributed by atoms with E-state index in [0.717, 1.165) is 35.0 Å². The van der Waals surface area contributed by atoms with Crippen molar-refractivity contribution in [2.75, 3.05) is 0 Å². The Morgan fingerprint density at radius 3 is 2.68 bits per heavy atom. The maximum atomic E-state index is 11.2. The highest BCUT2D eigenvalue weighted by atomic mass is 32.1. The van der Waals surface area contributed by atoms with Crippen molar-refractivity contribution in [1.82, 2.24) is 10.3 Å². The number of nitrogens with one attached hydrogen (secondary N) is 1. The summed E-state index contributed by atoms with van der Waals surface area (Å²) in [6, 6.07) is 8.46. The molecule has 3 rings (SSSR count). The van der Waals surface area contributed by atoms with Crippen LogP contribution >= 0.6 is 11.3 Å². The second-order valence-electron chi connectivity index (χ2n) is 8.95. The van der Waals surface area contributed by atoms with Crippen molar-refractivity contribution >= 4 is 28.0 Å². The first kappa shape index (κ1) is 27.9. The molecular weight excluding hydrogens is 482 g/mol. The van der Waals surface area contributed by atoms with E-state index in [4.69, 9.17) is 14.7 Å². The second-order valence-corrected chi connectivity index (χ2v) is 10.0. The monoisotopic (exact) mass is 517 g/mol. The molecule has 2 aromatic rings. The maximum Gasteiger partial charge on any atom is 0.223 e. The van der Waals surface area contributed by atoms with Crippen molar-refractivity contribution in [3.8, 4) is 0 Å². The lowest BCUT2D eigenvalue weighted by atomic mass is 9.98. The molecular formula is C30H35N3O3S. The van der Waals surface area contributed by atoms with Crippen LogP contribution in [0.4, 0.5) is 5.00 Å².